The lowest BCUT2D eigenvalue weighted by atomic mass is 9.92. The topological polar surface area (TPSA) is 58.6 Å². The molecule has 0 aliphatic rings. The van der Waals surface area contributed by atoms with Gasteiger partial charge in [0.1, 0.15) is 0 Å². The van der Waals surface area contributed by atoms with E-state index in [2.05, 4.69) is 5.32 Å². The molecule has 0 aliphatic carbocycles. The number of carbonyl (C=O) groups is 1. The zero-order valence-electron chi connectivity index (χ0n) is 9.68. The van der Waals surface area contributed by atoms with E-state index in [1.165, 1.54) is 0 Å². The van der Waals surface area contributed by atoms with E-state index in [0.29, 0.717) is 13.2 Å². The molecular formula is C10H21NO3. The summed E-state index contributed by atoms with van der Waals surface area (Å²) >= 11 is 0. The predicted octanol–water partition coefficient (Wildman–Crippen LogP) is 1.11. The Bertz CT molecular complexity index is 200. The molecule has 0 aliphatic heterocycles. The van der Waals surface area contributed by atoms with E-state index >= 15 is 0 Å². The minimum atomic E-state index is -0.793. The first-order chi connectivity index (χ1) is 6.21. The van der Waals surface area contributed by atoms with Gasteiger partial charge in [0.05, 0.1) is 12.0 Å². The van der Waals surface area contributed by atoms with E-state index in [9.17, 15) is 4.79 Å². The van der Waals surface area contributed by atoms with Gasteiger partial charge < -0.3 is 15.2 Å². The van der Waals surface area contributed by atoms with Crippen molar-refractivity contribution in [1.82, 2.24) is 5.32 Å². The van der Waals surface area contributed by atoms with Gasteiger partial charge in [-0.15, -0.1) is 0 Å². The minimum Gasteiger partial charge on any atom is -0.481 e. The average Bonchev–Trinajstić information content (AvgIpc) is 2.01. The lowest BCUT2D eigenvalue weighted by molar-refractivity contribution is -0.146. The fourth-order valence-electron chi connectivity index (χ4n) is 0.948. The van der Waals surface area contributed by atoms with Crippen LogP contribution in [-0.2, 0) is 9.53 Å². The molecule has 0 aromatic heterocycles. The second-order valence-corrected chi connectivity index (χ2v) is 4.86. The number of carboxylic acids is 1. The Balaban J connectivity index is 4.10. The fourth-order valence-corrected chi connectivity index (χ4v) is 0.948. The number of aliphatic carboxylic acids is 1. The summed E-state index contributed by atoms with van der Waals surface area (Å²) < 4.78 is 5.02. The Labute approximate surface area is 85.6 Å². The van der Waals surface area contributed by atoms with Crippen molar-refractivity contribution >= 4 is 5.97 Å². The highest BCUT2D eigenvalue weighted by Gasteiger charge is 2.29. The molecule has 0 saturated carbocycles. The first-order valence-electron chi connectivity index (χ1n) is 4.69. The van der Waals surface area contributed by atoms with Gasteiger partial charge in [0, 0.05) is 19.2 Å². The van der Waals surface area contributed by atoms with Gasteiger partial charge >= 0.3 is 5.97 Å². The smallest absolute Gasteiger partial charge is 0.310 e. The van der Waals surface area contributed by atoms with Crippen LogP contribution in [0.5, 0.6) is 0 Å². The van der Waals surface area contributed by atoms with E-state index in [-0.39, 0.29) is 5.54 Å². The second kappa shape index (κ2) is 4.75. The number of ether oxygens (including phenoxy) is 1. The van der Waals surface area contributed by atoms with Crippen LogP contribution >= 0.6 is 0 Å². The molecule has 84 valence electrons. The zero-order valence-corrected chi connectivity index (χ0v) is 9.68. The monoisotopic (exact) mass is 203 g/mol. The van der Waals surface area contributed by atoms with Crippen LogP contribution in [0, 0.1) is 5.41 Å². The van der Waals surface area contributed by atoms with Gasteiger partial charge in [-0.2, -0.15) is 0 Å². The molecule has 0 atom stereocenters. The van der Waals surface area contributed by atoms with Crippen molar-refractivity contribution in [2.24, 2.45) is 5.41 Å². The van der Waals surface area contributed by atoms with Gasteiger partial charge in [0.15, 0.2) is 0 Å². The third kappa shape index (κ3) is 4.58. The van der Waals surface area contributed by atoms with Crippen LogP contribution in [0.3, 0.4) is 0 Å². The summed E-state index contributed by atoms with van der Waals surface area (Å²) in [5, 5.41) is 12.1. The molecule has 0 fully saturated rings. The molecular weight excluding hydrogens is 182 g/mol. The Morgan fingerprint density at radius 3 is 2.21 bits per heavy atom. The van der Waals surface area contributed by atoms with Crippen molar-refractivity contribution in [2.45, 2.75) is 33.2 Å². The predicted molar refractivity (Wildman–Crippen MR) is 55.4 cm³/mol. The average molecular weight is 203 g/mol. The number of rotatable bonds is 6. The third-order valence-corrected chi connectivity index (χ3v) is 2.09. The van der Waals surface area contributed by atoms with E-state index in [1.807, 2.05) is 13.8 Å². The highest BCUT2D eigenvalue weighted by molar-refractivity contribution is 5.73. The Hall–Kier alpha value is -0.610. The molecule has 0 aromatic rings. The lowest BCUT2D eigenvalue weighted by Gasteiger charge is -2.29. The Morgan fingerprint density at radius 2 is 1.86 bits per heavy atom. The summed E-state index contributed by atoms with van der Waals surface area (Å²) in [5.41, 5.74) is -0.938. The maximum absolute atomic E-state index is 10.8. The summed E-state index contributed by atoms with van der Waals surface area (Å²) in [4.78, 5) is 10.8. The summed E-state index contributed by atoms with van der Waals surface area (Å²) in [7, 11) is 1.63. The molecule has 0 spiro atoms. The molecule has 0 unspecified atom stereocenters. The van der Waals surface area contributed by atoms with Gasteiger partial charge in [-0.05, 0) is 27.7 Å². The van der Waals surface area contributed by atoms with Gasteiger partial charge in [-0.1, -0.05) is 0 Å². The van der Waals surface area contributed by atoms with Crippen LogP contribution in [0.25, 0.3) is 0 Å². The third-order valence-electron chi connectivity index (χ3n) is 2.09. The standard InChI is InChI=1S/C10H21NO3/c1-9(2,8(12)13)6-11-10(3,4)7-14-5/h11H,6-7H2,1-5H3,(H,12,13). The maximum atomic E-state index is 10.8. The summed E-state index contributed by atoms with van der Waals surface area (Å²) in [6, 6.07) is 0. The number of hydrogen-bond acceptors (Lipinski definition) is 3. The van der Waals surface area contributed by atoms with Crippen LogP contribution in [-0.4, -0.2) is 36.9 Å². The highest BCUT2D eigenvalue weighted by Crippen LogP contribution is 2.15. The van der Waals surface area contributed by atoms with Crippen molar-refractivity contribution in [3.63, 3.8) is 0 Å². The van der Waals surface area contributed by atoms with Crippen LogP contribution in [0.1, 0.15) is 27.7 Å². The molecule has 4 heteroatoms. The second-order valence-electron chi connectivity index (χ2n) is 4.86. The molecule has 0 rings (SSSR count). The SMILES string of the molecule is COCC(C)(C)NCC(C)(C)C(=O)O. The van der Waals surface area contributed by atoms with E-state index in [0.717, 1.165) is 0 Å². The maximum Gasteiger partial charge on any atom is 0.310 e. The molecule has 0 amide bonds. The van der Waals surface area contributed by atoms with Crippen LogP contribution in [0.4, 0.5) is 0 Å². The largest absolute Gasteiger partial charge is 0.481 e. The van der Waals surface area contributed by atoms with Crippen molar-refractivity contribution < 1.29 is 14.6 Å². The van der Waals surface area contributed by atoms with Gasteiger partial charge in [-0.3, -0.25) is 4.79 Å². The highest BCUT2D eigenvalue weighted by atomic mass is 16.5. The Kier molecular flexibility index (Phi) is 4.55. The first-order valence-corrected chi connectivity index (χ1v) is 4.69. The quantitative estimate of drug-likeness (QED) is 0.679. The van der Waals surface area contributed by atoms with E-state index in [4.69, 9.17) is 9.84 Å². The number of nitrogens with one attached hydrogen (secondary N) is 1. The number of hydrogen-bond donors (Lipinski definition) is 2. The molecule has 0 aromatic carbocycles. The van der Waals surface area contributed by atoms with Gasteiger partial charge in [-0.25, -0.2) is 0 Å². The van der Waals surface area contributed by atoms with Gasteiger partial charge in [0.25, 0.3) is 0 Å². The van der Waals surface area contributed by atoms with Crippen molar-refractivity contribution in [3.8, 4) is 0 Å². The molecule has 14 heavy (non-hydrogen) atoms. The van der Waals surface area contributed by atoms with Gasteiger partial charge in [0.2, 0.25) is 0 Å². The van der Waals surface area contributed by atoms with Crippen LogP contribution < -0.4 is 5.32 Å². The number of methoxy groups -OCH3 is 1. The summed E-state index contributed by atoms with van der Waals surface area (Å²) in [6.45, 7) is 8.35. The normalized spacial score (nSPS) is 12.9. The van der Waals surface area contributed by atoms with Crippen molar-refractivity contribution in [1.29, 1.82) is 0 Å². The van der Waals surface area contributed by atoms with E-state index < -0.39 is 11.4 Å². The molecule has 4 nitrogen and oxygen atoms in total. The molecule has 0 saturated heterocycles. The molecule has 0 radical (unpaired) electrons. The summed E-state index contributed by atoms with van der Waals surface area (Å²) in [5.74, 6) is -0.793. The van der Waals surface area contributed by atoms with E-state index in [1.54, 1.807) is 21.0 Å². The first kappa shape index (κ1) is 13.4. The minimum absolute atomic E-state index is 0.193. The van der Waals surface area contributed by atoms with Crippen molar-refractivity contribution in [2.75, 3.05) is 20.3 Å². The molecule has 0 heterocycles. The zero-order chi connectivity index (χ0) is 11.4. The fraction of sp³-hybridized carbons (Fsp3) is 0.900. The van der Waals surface area contributed by atoms with Crippen molar-refractivity contribution in [3.05, 3.63) is 0 Å². The van der Waals surface area contributed by atoms with Crippen LogP contribution in [0.2, 0.25) is 0 Å². The summed E-state index contributed by atoms with van der Waals surface area (Å²) in [6.07, 6.45) is 0. The van der Waals surface area contributed by atoms with Crippen LogP contribution in [0.15, 0.2) is 0 Å². The molecule has 2 N–H and O–H groups in total. The number of carboxylic acid groups (broad SMARTS) is 1. The Morgan fingerprint density at radius 1 is 1.36 bits per heavy atom. The lowest BCUT2D eigenvalue weighted by Crippen LogP contribution is -2.49. The molecule has 0 bridgehead atoms.